The Balaban J connectivity index is 2.51. The first-order valence-corrected chi connectivity index (χ1v) is 6.28. The summed E-state index contributed by atoms with van der Waals surface area (Å²) in [5.74, 6) is -0.237. The summed E-state index contributed by atoms with van der Waals surface area (Å²) in [5, 5.41) is 0. The second-order valence-electron chi connectivity index (χ2n) is 5.28. The fourth-order valence-electron chi connectivity index (χ4n) is 2.39. The van der Waals surface area contributed by atoms with Crippen LogP contribution in [0.5, 0.6) is 0 Å². The normalized spacial score (nSPS) is 29.1. The molecule has 6 heteroatoms. The van der Waals surface area contributed by atoms with Crippen molar-refractivity contribution in [1.82, 2.24) is 4.90 Å². The zero-order valence-electron chi connectivity index (χ0n) is 10.8. The highest BCUT2D eigenvalue weighted by Gasteiger charge is 2.34. The second kappa shape index (κ2) is 5.91. The number of hydrogen-bond acceptors (Lipinski definition) is 2. The van der Waals surface area contributed by atoms with Gasteiger partial charge in [0.25, 0.3) is 0 Å². The van der Waals surface area contributed by atoms with E-state index in [0.717, 1.165) is 12.8 Å². The van der Waals surface area contributed by atoms with Gasteiger partial charge in [0.1, 0.15) is 0 Å². The highest BCUT2D eigenvalue weighted by atomic mass is 19.4. The van der Waals surface area contributed by atoms with Crippen LogP contribution in [0.1, 0.15) is 32.6 Å². The minimum atomic E-state index is -4.22. The van der Waals surface area contributed by atoms with Crippen molar-refractivity contribution in [2.45, 2.75) is 44.8 Å². The van der Waals surface area contributed by atoms with Crippen LogP contribution in [0.15, 0.2) is 0 Å². The van der Waals surface area contributed by atoms with Gasteiger partial charge in [-0.3, -0.25) is 4.79 Å². The standard InChI is InChI=1S/C12H21F3N2O/c1-8-3-4-9(16)7-10(8)11(18)17(2)6-5-12(13,14)15/h8-10H,3-7,16H2,1-2H3. The largest absolute Gasteiger partial charge is 0.390 e. The van der Waals surface area contributed by atoms with Gasteiger partial charge >= 0.3 is 6.18 Å². The van der Waals surface area contributed by atoms with Crippen LogP contribution >= 0.6 is 0 Å². The molecule has 1 amide bonds. The Morgan fingerprint density at radius 1 is 1.39 bits per heavy atom. The molecule has 1 rings (SSSR count). The number of nitrogens with two attached hydrogens (primary N) is 1. The van der Waals surface area contributed by atoms with E-state index in [1.54, 1.807) is 0 Å². The molecule has 0 radical (unpaired) electrons. The van der Waals surface area contributed by atoms with E-state index >= 15 is 0 Å². The minimum Gasteiger partial charge on any atom is -0.345 e. The van der Waals surface area contributed by atoms with E-state index in [-0.39, 0.29) is 30.3 Å². The van der Waals surface area contributed by atoms with Gasteiger partial charge < -0.3 is 10.6 Å². The van der Waals surface area contributed by atoms with Crippen molar-refractivity contribution in [3.63, 3.8) is 0 Å². The van der Waals surface area contributed by atoms with E-state index in [1.165, 1.54) is 11.9 Å². The van der Waals surface area contributed by atoms with Crippen LogP contribution in [-0.2, 0) is 4.79 Å². The number of hydrogen-bond donors (Lipinski definition) is 1. The zero-order valence-corrected chi connectivity index (χ0v) is 10.8. The third-order valence-corrected chi connectivity index (χ3v) is 3.66. The van der Waals surface area contributed by atoms with Crippen molar-refractivity contribution < 1.29 is 18.0 Å². The Morgan fingerprint density at radius 3 is 2.56 bits per heavy atom. The minimum absolute atomic E-state index is 0.00818. The molecule has 1 aliphatic rings. The molecule has 18 heavy (non-hydrogen) atoms. The first-order chi connectivity index (χ1) is 8.20. The van der Waals surface area contributed by atoms with Crippen molar-refractivity contribution >= 4 is 5.91 Å². The molecule has 2 N–H and O–H groups in total. The van der Waals surface area contributed by atoms with E-state index in [4.69, 9.17) is 5.73 Å². The predicted molar refractivity (Wildman–Crippen MR) is 62.8 cm³/mol. The Morgan fingerprint density at radius 2 is 2.00 bits per heavy atom. The van der Waals surface area contributed by atoms with Gasteiger partial charge in [-0.25, -0.2) is 0 Å². The van der Waals surface area contributed by atoms with Gasteiger partial charge in [0.2, 0.25) is 5.91 Å². The van der Waals surface area contributed by atoms with Gasteiger partial charge in [0, 0.05) is 25.6 Å². The summed E-state index contributed by atoms with van der Waals surface area (Å²) < 4.78 is 36.3. The molecule has 1 aliphatic carbocycles. The maximum absolute atomic E-state index is 12.1. The highest BCUT2D eigenvalue weighted by molar-refractivity contribution is 5.79. The Hall–Kier alpha value is -0.780. The summed E-state index contributed by atoms with van der Waals surface area (Å²) in [5.41, 5.74) is 5.82. The molecule has 3 nitrogen and oxygen atoms in total. The van der Waals surface area contributed by atoms with Gasteiger partial charge in [-0.1, -0.05) is 6.92 Å². The average molecular weight is 266 g/mol. The third kappa shape index (κ3) is 4.48. The molecule has 1 saturated carbocycles. The molecule has 0 heterocycles. The van der Waals surface area contributed by atoms with Crippen LogP contribution in [0.3, 0.4) is 0 Å². The molecule has 3 unspecified atom stereocenters. The van der Waals surface area contributed by atoms with Crippen molar-refractivity contribution in [3.05, 3.63) is 0 Å². The van der Waals surface area contributed by atoms with E-state index in [1.807, 2.05) is 6.92 Å². The molecule has 3 atom stereocenters. The molecule has 0 aliphatic heterocycles. The maximum atomic E-state index is 12.1. The lowest BCUT2D eigenvalue weighted by Gasteiger charge is -2.34. The van der Waals surface area contributed by atoms with Crippen LogP contribution in [0.25, 0.3) is 0 Å². The van der Waals surface area contributed by atoms with Gasteiger partial charge in [-0.2, -0.15) is 13.2 Å². The average Bonchev–Trinajstić information content (AvgIpc) is 2.27. The van der Waals surface area contributed by atoms with E-state index in [2.05, 4.69) is 0 Å². The first kappa shape index (κ1) is 15.3. The number of amides is 1. The smallest absolute Gasteiger partial charge is 0.345 e. The SMILES string of the molecule is CC1CCC(N)CC1C(=O)N(C)CCC(F)(F)F. The molecular formula is C12H21F3N2O. The van der Waals surface area contributed by atoms with Gasteiger partial charge in [0.15, 0.2) is 0 Å². The third-order valence-electron chi connectivity index (χ3n) is 3.66. The first-order valence-electron chi connectivity index (χ1n) is 6.28. The second-order valence-corrected chi connectivity index (χ2v) is 5.28. The lowest BCUT2D eigenvalue weighted by molar-refractivity contribution is -0.147. The van der Waals surface area contributed by atoms with E-state index in [0.29, 0.717) is 6.42 Å². The maximum Gasteiger partial charge on any atom is 0.390 e. The van der Waals surface area contributed by atoms with Crippen LogP contribution in [0.2, 0.25) is 0 Å². The molecule has 0 bridgehead atoms. The summed E-state index contributed by atoms with van der Waals surface area (Å²) in [6.07, 6.45) is -2.84. The van der Waals surface area contributed by atoms with Crippen LogP contribution in [-0.4, -0.2) is 36.6 Å². The summed E-state index contributed by atoms with van der Waals surface area (Å²) in [6, 6.07) is -0.00818. The Labute approximate surface area is 106 Å². The summed E-state index contributed by atoms with van der Waals surface area (Å²) in [6.45, 7) is 1.69. The molecule has 1 fully saturated rings. The van der Waals surface area contributed by atoms with E-state index < -0.39 is 12.6 Å². The lowest BCUT2D eigenvalue weighted by Crippen LogP contribution is -2.43. The quantitative estimate of drug-likeness (QED) is 0.851. The molecule has 0 aromatic heterocycles. The number of carbonyl (C=O) groups is 1. The number of carbonyl (C=O) groups excluding carboxylic acids is 1. The molecule has 0 saturated heterocycles. The van der Waals surface area contributed by atoms with Crippen LogP contribution in [0.4, 0.5) is 13.2 Å². The zero-order chi connectivity index (χ0) is 13.9. The number of rotatable bonds is 3. The fourth-order valence-corrected chi connectivity index (χ4v) is 2.39. The molecule has 0 aromatic carbocycles. The molecule has 0 aromatic rings. The van der Waals surface area contributed by atoms with Gasteiger partial charge in [-0.15, -0.1) is 0 Å². The summed E-state index contributed by atoms with van der Waals surface area (Å²) in [4.78, 5) is 13.3. The Bertz CT molecular complexity index is 294. The number of alkyl halides is 3. The Kier molecular flexibility index (Phi) is 5.01. The van der Waals surface area contributed by atoms with Crippen molar-refractivity contribution in [3.8, 4) is 0 Å². The molecular weight excluding hydrogens is 245 g/mol. The van der Waals surface area contributed by atoms with E-state index in [9.17, 15) is 18.0 Å². The summed E-state index contributed by atoms with van der Waals surface area (Å²) >= 11 is 0. The summed E-state index contributed by atoms with van der Waals surface area (Å²) in [7, 11) is 1.43. The van der Waals surface area contributed by atoms with Gasteiger partial charge in [-0.05, 0) is 25.2 Å². The highest BCUT2D eigenvalue weighted by Crippen LogP contribution is 2.30. The number of nitrogens with zero attached hydrogens (tertiary/aromatic N) is 1. The number of halogens is 3. The molecule has 106 valence electrons. The van der Waals surface area contributed by atoms with Gasteiger partial charge in [0.05, 0.1) is 6.42 Å². The predicted octanol–water partition coefficient (Wildman–Crippen LogP) is 2.16. The fraction of sp³-hybridized carbons (Fsp3) is 0.917. The monoisotopic (exact) mass is 266 g/mol. The topological polar surface area (TPSA) is 46.3 Å². The van der Waals surface area contributed by atoms with Crippen LogP contribution < -0.4 is 5.73 Å². The van der Waals surface area contributed by atoms with Crippen molar-refractivity contribution in [2.75, 3.05) is 13.6 Å². The molecule has 0 spiro atoms. The lowest BCUT2D eigenvalue weighted by atomic mass is 9.77. The van der Waals surface area contributed by atoms with Crippen molar-refractivity contribution in [1.29, 1.82) is 0 Å². The van der Waals surface area contributed by atoms with Crippen LogP contribution in [0, 0.1) is 11.8 Å². The van der Waals surface area contributed by atoms with Crippen molar-refractivity contribution in [2.24, 2.45) is 17.6 Å².